The normalized spacial score (nSPS) is 12.9. The Balaban J connectivity index is 2.06. The van der Waals surface area contributed by atoms with E-state index in [1.165, 1.54) is 12.1 Å². The molecular weight excluding hydrogens is 291 g/mol. The molecule has 0 aliphatic rings. The third kappa shape index (κ3) is 3.60. The van der Waals surface area contributed by atoms with Gasteiger partial charge in [0.15, 0.2) is 0 Å². The molecule has 0 fully saturated rings. The SMILES string of the molecule is CC(C)c1nnc(CN[C@@H](C)c2ccc(F)cc2Cl)n1C. The van der Waals surface area contributed by atoms with Gasteiger partial charge in [0, 0.05) is 24.0 Å². The van der Waals surface area contributed by atoms with Gasteiger partial charge in [-0.1, -0.05) is 31.5 Å². The number of nitrogens with zero attached hydrogens (tertiary/aromatic N) is 3. The van der Waals surface area contributed by atoms with Crippen LogP contribution in [0.25, 0.3) is 0 Å². The van der Waals surface area contributed by atoms with Crippen molar-refractivity contribution in [2.45, 2.75) is 39.3 Å². The van der Waals surface area contributed by atoms with Gasteiger partial charge < -0.3 is 9.88 Å². The second-order valence-electron chi connectivity index (χ2n) is 5.46. The van der Waals surface area contributed by atoms with Crippen LogP contribution in [-0.2, 0) is 13.6 Å². The molecule has 114 valence electrons. The first-order valence-corrected chi connectivity index (χ1v) is 7.34. The molecule has 0 radical (unpaired) electrons. The summed E-state index contributed by atoms with van der Waals surface area (Å²) in [5.41, 5.74) is 0.865. The van der Waals surface area contributed by atoms with Crippen molar-refractivity contribution >= 4 is 11.6 Å². The minimum Gasteiger partial charge on any atom is -0.317 e. The van der Waals surface area contributed by atoms with E-state index in [0.29, 0.717) is 17.5 Å². The molecule has 0 saturated heterocycles. The lowest BCUT2D eigenvalue weighted by molar-refractivity contribution is 0.543. The quantitative estimate of drug-likeness (QED) is 0.918. The summed E-state index contributed by atoms with van der Waals surface area (Å²) in [6.45, 7) is 6.73. The van der Waals surface area contributed by atoms with E-state index in [9.17, 15) is 4.39 Å². The second-order valence-corrected chi connectivity index (χ2v) is 5.86. The van der Waals surface area contributed by atoms with Crippen molar-refractivity contribution in [3.8, 4) is 0 Å². The number of hydrogen-bond donors (Lipinski definition) is 1. The van der Waals surface area contributed by atoms with Crippen LogP contribution in [0.4, 0.5) is 4.39 Å². The Labute approximate surface area is 129 Å². The average Bonchev–Trinajstić information content (AvgIpc) is 2.77. The van der Waals surface area contributed by atoms with Crippen molar-refractivity contribution < 1.29 is 4.39 Å². The zero-order valence-electron chi connectivity index (χ0n) is 12.7. The van der Waals surface area contributed by atoms with Gasteiger partial charge in [-0.3, -0.25) is 0 Å². The highest BCUT2D eigenvalue weighted by atomic mass is 35.5. The van der Waals surface area contributed by atoms with Gasteiger partial charge in [0.1, 0.15) is 17.5 Å². The highest BCUT2D eigenvalue weighted by Crippen LogP contribution is 2.24. The summed E-state index contributed by atoms with van der Waals surface area (Å²) in [6, 6.07) is 4.44. The molecule has 0 aliphatic carbocycles. The highest BCUT2D eigenvalue weighted by Gasteiger charge is 2.14. The fourth-order valence-electron chi connectivity index (χ4n) is 2.24. The second kappa shape index (κ2) is 6.54. The van der Waals surface area contributed by atoms with E-state index in [4.69, 9.17) is 11.6 Å². The number of halogens is 2. The Kier molecular flexibility index (Phi) is 4.96. The molecule has 0 amide bonds. The molecule has 4 nitrogen and oxygen atoms in total. The summed E-state index contributed by atoms with van der Waals surface area (Å²) in [5, 5.41) is 12.2. The van der Waals surface area contributed by atoms with E-state index < -0.39 is 0 Å². The van der Waals surface area contributed by atoms with Crippen LogP contribution in [0.3, 0.4) is 0 Å². The van der Waals surface area contributed by atoms with Crippen molar-refractivity contribution in [1.29, 1.82) is 0 Å². The third-order valence-corrected chi connectivity index (χ3v) is 3.84. The monoisotopic (exact) mass is 310 g/mol. The Morgan fingerprint density at radius 2 is 2.00 bits per heavy atom. The van der Waals surface area contributed by atoms with Gasteiger partial charge in [-0.25, -0.2) is 4.39 Å². The number of hydrogen-bond acceptors (Lipinski definition) is 3. The number of aromatic nitrogens is 3. The minimum atomic E-state index is -0.328. The number of nitrogens with one attached hydrogen (secondary N) is 1. The molecule has 1 atom stereocenters. The van der Waals surface area contributed by atoms with Crippen molar-refractivity contribution in [2.24, 2.45) is 7.05 Å². The van der Waals surface area contributed by atoms with Crippen molar-refractivity contribution in [2.75, 3.05) is 0 Å². The Morgan fingerprint density at radius 3 is 2.57 bits per heavy atom. The van der Waals surface area contributed by atoms with Crippen LogP contribution >= 0.6 is 11.6 Å². The van der Waals surface area contributed by atoms with Gasteiger partial charge in [0.25, 0.3) is 0 Å². The standard InChI is InChI=1S/C15H20ClFN4/c1-9(2)15-20-19-14(21(15)4)8-18-10(3)12-6-5-11(17)7-13(12)16/h5-7,9-10,18H,8H2,1-4H3/t10-/m0/s1. The molecule has 2 rings (SSSR count). The zero-order chi connectivity index (χ0) is 15.6. The van der Waals surface area contributed by atoms with Gasteiger partial charge in [-0.15, -0.1) is 10.2 Å². The molecule has 1 aromatic carbocycles. The van der Waals surface area contributed by atoms with Crippen molar-refractivity contribution in [3.05, 3.63) is 46.3 Å². The summed E-state index contributed by atoms with van der Waals surface area (Å²) in [6.07, 6.45) is 0. The zero-order valence-corrected chi connectivity index (χ0v) is 13.4. The van der Waals surface area contributed by atoms with Crippen molar-refractivity contribution in [3.63, 3.8) is 0 Å². The van der Waals surface area contributed by atoms with E-state index in [1.807, 2.05) is 18.5 Å². The van der Waals surface area contributed by atoms with Gasteiger partial charge in [-0.2, -0.15) is 0 Å². The Morgan fingerprint density at radius 1 is 1.29 bits per heavy atom. The lowest BCUT2D eigenvalue weighted by Crippen LogP contribution is -2.21. The molecule has 2 aromatic rings. The summed E-state index contributed by atoms with van der Waals surface area (Å²) in [7, 11) is 1.96. The average molecular weight is 311 g/mol. The maximum absolute atomic E-state index is 13.1. The van der Waals surface area contributed by atoms with Crippen LogP contribution in [0.2, 0.25) is 5.02 Å². The van der Waals surface area contributed by atoms with Crippen molar-refractivity contribution in [1.82, 2.24) is 20.1 Å². The van der Waals surface area contributed by atoms with Gasteiger partial charge >= 0.3 is 0 Å². The first kappa shape index (κ1) is 15.9. The van der Waals surface area contributed by atoms with Gasteiger partial charge in [0.2, 0.25) is 0 Å². The van der Waals surface area contributed by atoms with E-state index >= 15 is 0 Å². The van der Waals surface area contributed by atoms with Gasteiger partial charge in [-0.05, 0) is 24.6 Å². The molecule has 0 aliphatic heterocycles. The molecule has 0 saturated carbocycles. The van der Waals surface area contributed by atoms with E-state index in [1.54, 1.807) is 6.07 Å². The van der Waals surface area contributed by atoms with Crippen LogP contribution < -0.4 is 5.32 Å². The Bertz CT molecular complexity index is 624. The lowest BCUT2D eigenvalue weighted by atomic mass is 10.1. The first-order chi connectivity index (χ1) is 9.90. The molecule has 1 heterocycles. The third-order valence-electron chi connectivity index (χ3n) is 3.51. The van der Waals surface area contributed by atoms with E-state index in [2.05, 4.69) is 29.4 Å². The summed E-state index contributed by atoms with van der Waals surface area (Å²) >= 11 is 6.07. The molecule has 1 aromatic heterocycles. The lowest BCUT2D eigenvalue weighted by Gasteiger charge is -2.15. The van der Waals surface area contributed by atoms with Gasteiger partial charge in [0.05, 0.1) is 6.54 Å². The minimum absolute atomic E-state index is 0.00250. The fourth-order valence-corrected chi connectivity index (χ4v) is 2.57. The van der Waals surface area contributed by atoms with E-state index in [0.717, 1.165) is 17.2 Å². The summed E-state index contributed by atoms with van der Waals surface area (Å²) < 4.78 is 15.1. The maximum Gasteiger partial charge on any atom is 0.146 e. The smallest absolute Gasteiger partial charge is 0.146 e. The van der Waals surface area contributed by atoms with Crippen LogP contribution in [-0.4, -0.2) is 14.8 Å². The molecular formula is C15H20ClFN4. The maximum atomic E-state index is 13.1. The van der Waals surface area contributed by atoms with Crippen LogP contribution in [0.5, 0.6) is 0 Å². The molecule has 0 unspecified atom stereocenters. The first-order valence-electron chi connectivity index (χ1n) is 6.96. The van der Waals surface area contributed by atoms with Crippen LogP contribution in [0.1, 0.15) is 49.9 Å². The summed E-state index contributed by atoms with van der Waals surface area (Å²) in [5.74, 6) is 1.83. The molecule has 6 heteroatoms. The predicted octanol–water partition coefficient (Wildman–Crippen LogP) is 3.58. The molecule has 0 spiro atoms. The molecule has 21 heavy (non-hydrogen) atoms. The van der Waals surface area contributed by atoms with E-state index in [-0.39, 0.29) is 11.9 Å². The highest BCUT2D eigenvalue weighted by molar-refractivity contribution is 6.31. The van der Waals surface area contributed by atoms with Crippen LogP contribution in [0, 0.1) is 5.82 Å². The topological polar surface area (TPSA) is 42.7 Å². The molecule has 1 N–H and O–H groups in total. The number of benzene rings is 1. The largest absolute Gasteiger partial charge is 0.317 e. The van der Waals surface area contributed by atoms with Crippen LogP contribution in [0.15, 0.2) is 18.2 Å². The predicted molar refractivity (Wildman–Crippen MR) is 81.8 cm³/mol. The number of rotatable bonds is 5. The summed E-state index contributed by atoms with van der Waals surface area (Å²) in [4.78, 5) is 0. The molecule has 0 bridgehead atoms. The fraction of sp³-hybridized carbons (Fsp3) is 0.467. The Hall–Kier alpha value is -1.46.